The lowest BCUT2D eigenvalue weighted by atomic mass is 10.6. The zero-order valence-corrected chi connectivity index (χ0v) is 6.72. The minimum Gasteiger partial charge on any atom is -0.399 e. The Kier molecular flexibility index (Phi) is 2.38. The molecule has 0 spiro atoms. The Morgan fingerprint density at radius 1 is 1.75 bits per heavy atom. The van der Waals surface area contributed by atoms with Crippen molar-refractivity contribution in [3.05, 3.63) is 11.6 Å². The van der Waals surface area contributed by atoms with E-state index in [0.29, 0.717) is 5.82 Å². The predicted octanol–water partition coefficient (Wildman–Crippen LogP) is -0.333. The standard InChI is InChI=1S/C6H7N5O/c1-11-6(3-7)9-5(10-11)4-8-12-2/h4H,1-2H3/b8-4+. The third-order valence-electron chi connectivity index (χ3n) is 1.15. The number of oxime groups is 1. The van der Waals surface area contributed by atoms with Gasteiger partial charge >= 0.3 is 0 Å². The van der Waals surface area contributed by atoms with Crippen LogP contribution in [0, 0.1) is 11.3 Å². The Hall–Kier alpha value is -1.90. The topological polar surface area (TPSA) is 76.1 Å². The molecule has 0 aliphatic carbocycles. The van der Waals surface area contributed by atoms with Crippen LogP contribution in [-0.4, -0.2) is 28.1 Å². The molecule has 6 nitrogen and oxygen atoms in total. The maximum Gasteiger partial charge on any atom is 0.231 e. The molecule has 0 amide bonds. The van der Waals surface area contributed by atoms with Gasteiger partial charge in [0.2, 0.25) is 5.82 Å². The van der Waals surface area contributed by atoms with Crippen LogP contribution in [0.15, 0.2) is 5.16 Å². The fourth-order valence-corrected chi connectivity index (χ4v) is 0.656. The van der Waals surface area contributed by atoms with Crippen LogP contribution in [0.2, 0.25) is 0 Å². The number of hydrogen-bond donors (Lipinski definition) is 0. The first-order valence-electron chi connectivity index (χ1n) is 3.15. The molecule has 0 radical (unpaired) electrons. The molecule has 1 heterocycles. The van der Waals surface area contributed by atoms with Gasteiger partial charge in [-0.05, 0) is 0 Å². The highest BCUT2D eigenvalue weighted by Crippen LogP contribution is 1.91. The van der Waals surface area contributed by atoms with Crippen molar-refractivity contribution >= 4 is 6.21 Å². The lowest BCUT2D eigenvalue weighted by molar-refractivity contribution is 0.215. The summed E-state index contributed by atoms with van der Waals surface area (Å²) in [6.45, 7) is 0. The molecule has 0 fully saturated rings. The van der Waals surface area contributed by atoms with Gasteiger partial charge in [-0.1, -0.05) is 5.16 Å². The molecule has 0 bridgehead atoms. The monoisotopic (exact) mass is 165 g/mol. The first-order chi connectivity index (χ1) is 5.77. The second-order valence-corrected chi connectivity index (χ2v) is 1.95. The summed E-state index contributed by atoms with van der Waals surface area (Å²) in [5.41, 5.74) is 0. The molecule has 6 heteroatoms. The fourth-order valence-electron chi connectivity index (χ4n) is 0.656. The smallest absolute Gasteiger partial charge is 0.231 e. The Labute approximate surface area is 69.1 Å². The van der Waals surface area contributed by atoms with Gasteiger partial charge in [-0.2, -0.15) is 10.2 Å². The van der Waals surface area contributed by atoms with Gasteiger partial charge in [0.05, 0.1) is 0 Å². The maximum absolute atomic E-state index is 8.51. The van der Waals surface area contributed by atoms with E-state index in [-0.39, 0.29) is 5.82 Å². The molecule has 0 aliphatic rings. The summed E-state index contributed by atoms with van der Waals surface area (Å²) < 4.78 is 1.37. The second kappa shape index (κ2) is 3.48. The quantitative estimate of drug-likeness (QED) is 0.444. The first kappa shape index (κ1) is 8.20. The highest BCUT2D eigenvalue weighted by molar-refractivity contribution is 5.73. The molecule has 12 heavy (non-hydrogen) atoms. The van der Waals surface area contributed by atoms with E-state index in [9.17, 15) is 0 Å². The molecule has 0 atom stereocenters. The van der Waals surface area contributed by atoms with Crippen LogP contribution in [0.3, 0.4) is 0 Å². The van der Waals surface area contributed by atoms with E-state index >= 15 is 0 Å². The van der Waals surface area contributed by atoms with Crippen LogP contribution in [0.25, 0.3) is 0 Å². The molecule has 0 saturated carbocycles. The zero-order chi connectivity index (χ0) is 8.97. The van der Waals surface area contributed by atoms with Crippen molar-refractivity contribution in [1.82, 2.24) is 14.8 Å². The van der Waals surface area contributed by atoms with E-state index in [1.54, 1.807) is 7.05 Å². The number of aromatic nitrogens is 3. The molecule has 0 aliphatic heterocycles. The van der Waals surface area contributed by atoms with Crippen LogP contribution in [0.4, 0.5) is 0 Å². The summed E-state index contributed by atoms with van der Waals surface area (Å²) >= 11 is 0. The first-order valence-corrected chi connectivity index (χ1v) is 3.15. The van der Waals surface area contributed by atoms with E-state index in [4.69, 9.17) is 5.26 Å². The van der Waals surface area contributed by atoms with E-state index < -0.39 is 0 Å². The van der Waals surface area contributed by atoms with Crippen molar-refractivity contribution in [3.8, 4) is 6.07 Å². The number of aryl methyl sites for hydroxylation is 1. The number of hydrogen-bond acceptors (Lipinski definition) is 5. The summed E-state index contributed by atoms with van der Waals surface area (Å²) in [4.78, 5) is 8.25. The fraction of sp³-hybridized carbons (Fsp3) is 0.333. The van der Waals surface area contributed by atoms with E-state index in [1.807, 2.05) is 6.07 Å². The van der Waals surface area contributed by atoms with Gasteiger partial charge < -0.3 is 4.84 Å². The number of nitriles is 1. The molecule has 0 aromatic carbocycles. The van der Waals surface area contributed by atoms with Gasteiger partial charge in [-0.25, -0.2) is 4.68 Å². The molecule has 1 aromatic heterocycles. The van der Waals surface area contributed by atoms with Gasteiger partial charge in [0, 0.05) is 7.05 Å². The SMILES string of the molecule is CO/N=C/c1nc(C#N)n(C)n1. The van der Waals surface area contributed by atoms with Gasteiger partial charge in [0.1, 0.15) is 19.4 Å². The Morgan fingerprint density at radius 3 is 3.00 bits per heavy atom. The van der Waals surface area contributed by atoms with Gasteiger partial charge in [-0.15, -0.1) is 5.10 Å². The molecule has 0 N–H and O–H groups in total. The highest BCUT2D eigenvalue weighted by atomic mass is 16.6. The minimum atomic E-state index is 0.243. The maximum atomic E-state index is 8.51. The lowest BCUT2D eigenvalue weighted by Gasteiger charge is -1.83. The number of nitrogens with zero attached hydrogens (tertiary/aromatic N) is 5. The predicted molar refractivity (Wildman–Crippen MR) is 40.3 cm³/mol. The summed E-state index contributed by atoms with van der Waals surface area (Å²) in [7, 11) is 3.06. The van der Waals surface area contributed by atoms with Crippen LogP contribution >= 0.6 is 0 Å². The van der Waals surface area contributed by atoms with Gasteiger partial charge in [0.15, 0.2) is 5.82 Å². The minimum absolute atomic E-state index is 0.243. The van der Waals surface area contributed by atoms with Crippen LogP contribution in [0.1, 0.15) is 11.6 Å². The number of rotatable bonds is 2. The molecule has 1 rings (SSSR count). The summed E-state index contributed by atoms with van der Waals surface area (Å²) in [6, 6.07) is 1.88. The van der Waals surface area contributed by atoms with Crippen LogP contribution in [0.5, 0.6) is 0 Å². The Bertz CT molecular complexity index is 334. The van der Waals surface area contributed by atoms with Crippen molar-refractivity contribution in [3.63, 3.8) is 0 Å². The molecular weight excluding hydrogens is 158 g/mol. The largest absolute Gasteiger partial charge is 0.399 e. The molecular formula is C6H7N5O. The van der Waals surface area contributed by atoms with E-state index in [1.165, 1.54) is 18.0 Å². The van der Waals surface area contributed by atoms with Crippen molar-refractivity contribution in [1.29, 1.82) is 5.26 Å². The van der Waals surface area contributed by atoms with Crippen molar-refractivity contribution in [2.75, 3.05) is 7.11 Å². The third kappa shape index (κ3) is 1.58. The van der Waals surface area contributed by atoms with Crippen molar-refractivity contribution in [2.24, 2.45) is 12.2 Å². The molecule has 62 valence electrons. The summed E-state index contributed by atoms with van der Waals surface area (Å²) in [5, 5.41) is 15.8. The third-order valence-corrected chi connectivity index (χ3v) is 1.15. The van der Waals surface area contributed by atoms with Crippen molar-refractivity contribution < 1.29 is 4.84 Å². The summed E-state index contributed by atoms with van der Waals surface area (Å²) in [5.74, 6) is 0.600. The average Bonchev–Trinajstić information content (AvgIpc) is 2.43. The average molecular weight is 165 g/mol. The molecule has 0 saturated heterocycles. The summed E-state index contributed by atoms with van der Waals surface area (Å²) in [6.07, 6.45) is 1.33. The Balaban J connectivity index is 2.91. The van der Waals surface area contributed by atoms with Crippen LogP contribution < -0.4 is 0 Å². The van der Waals surface area contributed by atoms with Crippen LogP contribution in [-0.2, 0) is 11.9 Å². The second-order valence-electron chi connectivity index (χ2n) is 1.95. The van der Waals surface area contributed by atoms with E-state index in [2.05, 4.69) is 20.1 Å². The lowest BCUT2D eigenvalue weighted by Crippen LogP contribution is -1.94. The van der Waals surface area contributed by atoms with Crippen molar-refractivity contribution in [2.45, 2.75) is 0 Å². The van der Waals surface area contributed by atoms with E-state index in [0.717, 1.165) is 0 Å². The van der Waals surface area contributed by atoms with Gasteiger partial charge in [0.25, 0.3) is 0 Å². The normalized spacial score (nSPS) is 10.1. The molecule has 1 aromatic rings. The van der Waals surface area contributed by atoms with Gasteiger partial charge in [-0.3, -0.25) is 0 Å². The molecule has 0 unspecified atom stereocenters. The highest BCUT2D eigenvalue weighted by Gasteiger charge is 2.02. The zero-order valence-electron chi connectivity index (χ0n) is 6.72. The Morgan fingerprint density at radius 2 is 2.50 bits per heavy atom.